The third-order valence-electron chi connectivity index (χ3n) is 3.01. The van der Waals surface area contributed by atoms with E-state index in [1.165, 1.54) is 23.1 Å². The fourth-order valence-corrected chi connectivity index (χ4v) is 3.95. The second-order valence-corrected chi connectivity index (χ2v) is 6.79. The van der Waals surface area contributed by atoms with Crippen molar-refractivity contribution in [3.05, 3.63) is 60.7 Å². The van der Waals surface area contributed by atoms with Gasteiger partial charge < -0.3 is 5.11 Å². The Kier molecular flexibility index (Phi) is 4.56. The molecule has 3 rings (SSSR count). The topological polar surface area (TPSA) is 50.2 Å². The summed E-state index contributed by atoms with van der Waals surface area (Å²) in [7, 11) is 0. The summed E-state index contributed by atoms with van der Waals surface area (Å²) in [6, 6.07) is 20.0. The molecule has 0 aliphatic heterocycles. The van der Waals surface area contributed by atoms with Crippen LogP contribution in [-0.2, 0) is 4.79 Å². The molecule has 1 aromatic heterocycles. The number of carboxylic acids is 1. The molecule has 0 amide bonds. The number of carboxylic acid groups (broad SMARTS) is 1. The van der Waals surface area contributed by atoms with Crippen molar-refractivity contribution in [1.82, 2.24) is 4.98 Å². The van der Waals surface area contributed by atoms with Crippen molar-refractivity contribution in [1.29, 1.82) is 0 Å². The van der Waals surface area contributed by atoms with Gasteiger partial charge >= 0.3 is 5.97 Å². The van der Waals surface area contributed by atoms with Crippen LogP contribution in [0.1, 0.15) is 0 Å². The van der Waals surface area contributed by atoms with Crippen molar-refractivity contribution in [3.63, 3.8) is 0 Å². The number of aliphatic carboxylic acids is 1. The van der Waals surface area contributed by atoms with Crippen LogP contribution in [-0.4, -0.2) is 21.8 Å². The highest BCUT2D eigenvalue weighted by atomic mass is 32.2. The average Bonchev–Trinajstić information content (AvgIpc) is 2.99. The van der Waals surface area contributed by atoms with Crippen LogP contribution in [0.2, 0.25) is 0 Å². The number of thiazole rings is 1. The number of carbonyl (C=O) groups is 1. The number of nitrogens with zero attached hydrogens (tertiary/aromatic N) is 1. The SMILES string of the molecule is O=C(O)CSc1nc(-c2ccccc2)c(-c2ccccc2)s1. The maximum absolute atomic E-state index is 10.8. The van der Waals surface area contributed by atoms with Crippen LogP contribution in [0.4, 0.5) is 0 Å². The Morgan fingerprint density at radius 1 is 1.00 bits per heavy atom. The van der Waals surface area contributed by atoms with Gasteiger partial charge in [-0.1, -0.05) is 72.4 Å². The van der Waals surface area contributed by atoms with Gasteiger partial charge in [-0.05, 0) is 5.56 Å². The molecule has 0 atom stereocenters. The van der Waals surface area contributed by atoms with Crippen LogP contribution in [0.25, 0.3) is 21.7 Å². The molecule has 0 fully saturated rings. The second kappa shape index (κ2) is 6.77. The fourth-order valence-electron chi connectivity index (χ4n) is 2.06. The van der Waals surface area contributed by atoms with Gasteiger partial charge in [-0.2, -0.15) is 0 Å². The molecule has 1 heterocycles. The lowest BCUT2D eigenvalue weighted by atomic mass is 10.1. The van der Waals surface area contributed by atoms with Gasteiger partial charge in [0.1, 0.15) is 0 Å². The predicted molar refractivity (Wildman–Crippen MR) is 91.3 cm³/mol. The lowest BCUT2D eigenvalue weighted by Crippen LogP contribution is -1.96. The minimum Gasteiger partial charge on any atom is -0.481 e. The van der Waals surface area contributed by atoms with E-state index in [-0.39, 0.29) is 5.75 Å². The third-order valence-corrected chi connectivity index (χ3v) is 5.24. The Balaban J connectivity index is 2.04. The zero-order valence-corrected chi connectivity index (χ0v) is 13.2. The minimum atomic E-state index is -0.831. The summed E-state index contributed by atoms with van der Waals surface area (Å²) < 4.78 is 0.778. The Morgan fingerprint density at radius 2 is 1.59 bits per heavy atom. The standard InChI is InChI=1S/C17H13NO2S2/c19-14(20)11-21-17-18-15(12-7-3-1-4-8-12)16(22-17)13-9-5-2-6-10-13/h1-10H,11H2,(H,19,20). The summed E-state index contributed by atoms with van der Waals surface area (Å²) >= 11 is 2.80. The van der Waals surface area contributed by atoms with Crippen molar-refractivity contribution in [2.75, 3.05) is 5.75 Å². The van der Waals surface area contributed by atoms with Gasteiger partial charge in [0.25, 0.3) is 0 Å². The molecule has 0 aliphatic rings. The summed E-state index contributed by atoms with van der Waals surface area (Å²) in [6.07, 6.45) is 0. The van der Waals surface area contributed by atoms with E-state index in [2.05, 4.69) is 4.98 Å². The summed E-state index contributed by atoms with van der Waals surface area (Å²) in [4.78, 5) is 16.5. The predicted octanol–water partition coefficient (Wildman–Crippen LogP) is 4.65. The zero-order chi connectivity index (χ0) is 15.4. The number of aromatic nitrogens is 1. The van der Waals surface area contributed by atoms with E-state index in [1.54, 1.807) is 0 Å². The Labute approximate surface area is 136 Å². The molecule has 1 N–H and O–H groups in total. The first-order valence-electron chi connectivity index (χ1n) is 6.70. The summed E-state index contributed by atoms with van der Waals surface area (Å²) in [5, 5.41) is 8.84. The molecule has 0 spiro atoms. The van der Waals surface area contributed by atoms with E-state index in [0.717, 1.165) is 26.0 Å². The molecule has 3 aromatic rings. The number of hydrogen-bond donors (Lipinski definition) is 1. The summed E-state index contributed by atoms with van der Waals surface area (Å²) in [5.41, 5.74) is 3.05. The Hall–Kier alpha value is -2.11. The zero-order valence-electron chi connectivity index (χ0n) is 11.6. The maximum atomic E-state index is 10.8. The summed E-state index contributed by atoms with van der Waals surface area (Å²) in [5.74, 6) is -0.807. The molecule has 0 radical (unpaired) electrons. The molecule has 22 heavy (non-hydrogen) atoms. The lowest BCUT2D eigenvalue weighted by molar-refractivity contribution is -0.133. The Morgan fingerprint density at radius 3 is 2.18 bits per heavy atom. The van der Waals surface area contributed by atoms with Crippen LogP contribution >= 0.6 is 23.1 Å². The van der Waals surface area contributed by atoms with E-state index in [1.807, 2.05) is 60.7 Å². The van der Waals surface area contributed by atoms with Crippen molar-refractivity contribution < 1.29 is 9.90 Å². The summed E-state index contributed by atoms with van der Waals surface area (Å²) in [6.45, 7) is 0. The number of rotatable bonds is 5. The van der Waals surface area contributed by atoms with Crippen LogP contribution in [0.5, 0.6) is 0 Å². The minimum absolute atomic E-state index is 0.0238. The third kappa shape index (κ3) is 3.37. The van der Waals surface area contributed by atoms with Gasteiger partial charge in [-0.15, -0.1) is 11.3 Å². The Bertz CT molecular complexity index is 713. The fraction of sp³-hybridized carbons (Fsp3) is 0.0588. The van der Waals surface area contributed by atoms with Crippen LogP contribution in [0.3, 0.4) is 0 Å². The highest BCUT2D eigenvalue weighted by molar-refractivity contribution is 8.01. The normalized spacial score (nSPS) is 10.5. The van der Waals surface area contributed by atoms with Gasteiger partial charge in [0.2, 0.25) is 0 Å². The average molecular weight is 327 g/mol. The van der Waals surface area contributed by atoms with Crippen LogP contribution in [0, 0.1) is 0 Å². The smallest absolute Gasteiger partial charge is 0.313 e. The first kappa shape index (κ1) is 14.8. The van der Waals surface area contributed by atoms with Crippen molar-refractivity contribution >= 4 is 29.1 Å². The van der Waals surface area contributed by atoms with Gasteiger partial charge in [0, 0.05) is 5.56 Å². The molecule has 0 saturated heterocycles. The van der Waals surface area contributed by atoms with Gasteiger partial charge in [-0.25, -0.2) is 4.98 Å². The molecular formula is C17H13NO2S2. The highest BCUT2D eigenvalue weighted by Crippen LogP contribution is 2.39. The number of benzene rings is 2. The number of hydrogen-bond acceptors (Lipinski definition) is 4. The molecule has 0 saturated carbocycles. The van der Waals surface area contributed by atoms with Crippen molar-refractivity contribution in [3.8, 4) is 21.7 Å². The monoisotopic (exact) mass is 327 g/mol. The van der Waals surface area contributed by atoms with E-state index >= 15 is 0 Å². The van der Waals surface area contributed by atoms with E-state index in [0.29, 0.717) is 0 Å². The molecule has 5 heteroatoms. The highest BCUT2D eigenvalue weighted by Gasteiger charge is 2.15. The van der Waals surface area contributed by atoms with E-state index < -0.39 is 5.97 Å². The van der Waals surface area contributed by atoms with Crippen molar-refractivity contribution in [2.24, 2.45) is 0 Å². The van der Waals surface area contributed by atoms with Gasteiger partial charge in [-0.3, -0.25) is 4.79 Å². The molecule has 0 bridgehead atoms. The van der Waals surface area contributed by atoms with E-state index in [9.17, 15) is 4.79 Å². The molecule has 2 aromatic carbocycles. The molecule has 0 aliphatic carbocycles. The molecule has 3 nitrogen and oxygen atoms in total. The van der Waals surface area contributed by atoms with E-state index in [4.69, 9.17) is 5.11 Å². The second-order valence-electron chi connectivity index (χ2n) is 4.57. The quantitative estimate of drug-likeness (QED) is 0.693. The lowest BCUT2D eigenvalue weighted by Gasteiger charge is -2.02. The van der Waals surface area contributed by atoms with Crippen molar-refractivity contribution in [2.45, 2.75) is 4.34 Å². The first-order chi connectivity index (χ1) is 10.7. The first-order valence-corrected chi connectivity index (χ1v) is 8.50. The largest absolute Gasteiger partial charge is 0.481 e. The maximum Gasteiger partial charge on any atom is 0.313 e. The van der Waals surface area contributed by atoms with Crippen LogP contribution < -0.4 is 0 Å². The van der Waals surface area contributed by atoms with Gasteiger partial charge in [0.15, 0.2) is 4.34 Å². The number of thioether (sulfide) groups is 1. The molecular weight excluding hydrogens is 314 g/mol. The van der Waals surface area contributed by atoms with Crippen LogP contribution in [0.15, 0.2) is 65.0 Å². The molecule has 110 valence electrons. The van der Waals surface area contributed by atoms with Gasteiger partial charge in [0.05, 0.1) is 16.3 Å². The molecule has 0 unspecified atom stereocenters.